The number of fused-ring (bicyclic) bond motifs is 1. The van der Waals surface area contributed by atoms with E-state index >= 15 is 0 Å². The molecule has 2 N–H and O–H groups in total. The van der Waals surface area contributed by atoms with E-state index in [-0.39, 0.29) is 23.4 Å². The van der Waals surface area contributed by atoms with E-state index in [0.717, 1.165) is 44.2 Å². The van der Waals surface area contributed by atoms with Gasteiger partial charge in [0.2, 0.25) is 5.91 Å². The van der Waals surface area contributed by atoms with Gasteiger partial charge in [-0.3, -0.25) is 19.3 Å². The first kappa shape index (κ1) is 25.0. The predicted octanol–water partition coefficient (Wildman–Crippen LogP) is 3.92. The van der Waals surface area contributed by atoms with Gasteiger partial charge in [0.05, 0.1) is 12.6 Å². The minimum Gasteiger partial charge on any atom is -0.451 e. The normalized spacial score (nSPS) is 18.3. The zero-order valence-corrected chi connectivity index (χ0v) is 20.1. The number of furan rings is 1. The monoisotopic (exact) mass is 455 g/mol. The number of unbranched alkanes of at least 4 members (excludes halogenated alkanes) is 2. The van der Waals surface area contributed by atoms with Crippen LogP contribution in [0.5, 0.6) is 0 Å². The maximum absolute atomic E-state index is 13.1. The van der Waals surface area contributed by atoms with Gasteiger partial charge < -0.3 is 15.1 Å². The number of likely N-dealkylation sites (tertiary alicyclic amines) is 1. The molecule has 2 heterocycles. The molecule has 0 bridgehead atoms. The lowest BCUT2D eigenvalue weighted by Crippen LogP contribution is -2.52. The van der Waals surface area contributed by atoms with Crippen LogP contribution in [0.25, 0.3) is 11.0 Å². The lowest BCUT2D eigenvalue weighted by atomic mass is 10.0. The van der Waals surface area contributed by atoms with Crippen LogP contribution in [0.2, 0.25) is 0 Å². The second-order valence-electron chi connectivity index (χ2n) is 9.46. The third kappa shape index (κ3) is 7.16. The Hall–Kier alpha value is -2.67. The standard InChI is InChI=1S/C26H37N3O4/c1-4-5-8-13-29-14-9-11-20(22(30)17-29)27-25(31)21(15-18(2)3)28-26(32)24-16-19-10-6-7-12-23(19)33-24/h6-7,10,12,16,18,20-21H,4-5,8-9,11,13-15,17H2,1-3H3,(H,27,31)(H,28,32)/t20?,21-/m0/s1. The Bertz CT molecular complexity index is 919. The van der Waals surface area contributed by atoms with Crippen molar-refractivity contribution in [1.82, 2.24) is 15.5 Å². The molecule has 180 valence electrons. The molecule has 1 aliphatic heterocycles. The summed E-state index contributed by atoms with van der Waals surface area (Å²) in [6.07, 6.45) is 5.36. The maximum Gasteiger partial charge on any atom is 0.287 e. The van der Waals surface area contributed by atoms with Gasteiger partial charge in [0.1, 0.15) is 11.6 Å². The lowest BCUT2D eigenvalue weighted by Gasteiger charge is -2.23. The van der Waals surface area contributed by atoms with E-state index in [1.165, 1.54) is 0 Å². The second-order valence-corrected chi connectivity index (χ2v) is 9.46. The number of rotatable bonds is 10. The van der Waals surface area contributed by atoms with Crippen molar-refractivity contribution in [3.05, 3.63) is 36.1 Å². The zero-order valence-electron chi connectivity index (χ0n) is 20.1. The highest BCUT2D eigenvalue weighted by Crippen LogP contribution is 2.19. The Morgan fingerprint density at radius 3 is 2.73 bits per heavy atom. The van der Waals surface area contributed by atoms with E-state index in [2.05, 4.69) is 22.5 Å². The summed E-state index contributed by atoms with van der Waals surface area (Å²) in [6.45, 7) is 8.33. The highest BCUT2D eigenvalue weighted by Gasteiger charge is 2.30. The maximum atomic E-state index is 13.1. The van der Waals surface area contributed by atoms with Crippen LogP contribution in [0.4, 0.5) is 0 Å². The van der Waals surface area contributed by atoms with E-state index in [1.807, 2.05) is 32.0 Å². The fraction of sp³-hybridized carbons (Fsp3) is 0.577. The van der Waals surface area contributed by atoms with Crippen LogP contribution in [0, 0.1) is 5.92 Å². The molecule has 1 fully saturated rings. The number of nitrogens with one attached hydrogen (secondary N) is 2. The molecular formula is C26H37N3O4. The van der Waals surface area contributed by atoms with Crippen molar-refractivity contribution in [1.29, 1.82) is 0 Å². The van der Waals surface area contributed by atoms with Crippen LogP contribution < -0.4 is 10.6 Å². The number of amides is 2. The smallest absolute Gasteiger partial charge is 0.287 e. The summed E-state index contributed by atoms with van der Waals surface area (Å²) in [7, 11) is 0. The largest absolute Gasteiger partial charge is 0.451 e. The number of hydrogen-bond donors (Lipinski definition) is 2. The molecule has 2 amide bonds. The first-order chi connectivity index (χ1) is 15.9. The summed E-state index contributed by atoms with van der Waals surface area (Å²) < 4.78 is 5.65. The number of ketones is 1. The summed E-state index contributed by atoms with van der Waals surface area (Å²) >= 11 is 0. The minimum atomic E-state index is -0.734. The van der Waals surface area contributed by atoms with E-state index in [4.69, 9.17) is 4.42 Å². The number of Topliss-reactive ketones (excluding diaryl/α,β-unsaturated/α-hetero) is 1. The fourth-order valence-electron chi connectivity index (χ4n) is 4.32. The van der Waals surface area contributed by atoms with Gasteiger partial charge in [-0.25, -0.2) is 0 Å². The molecular weight excluding hydrogens is 418 g/mol. The quantitative estimate of drug-likeness (QED) is 0.530. The Morgan fingerprint density at radius 2 is 2.00 bits per heavy atom. The van der Waals surface area contributed by atoms with Crippen molar-refractivity contribution in [2.75, 3.05) is 19.6 Å². The van der Waals surface area contributed by atoms with Gasteiger partial charge in [0.15, 0.2) is 11.5 Å². The number of benzene rings is 1. The van der Waals surface area contributed by atoms with E-state index in [9.17, 15) is 14.4 Å². The van der Waals surface area contributed by atoms with Gasteiger partial charge in [-0.05, 0) is 56.8 Å². The van der Waals surface area contributed by atoms with Gasteiger partial charge in [-0.2, -0.15) is 0 Å². The highest BCUT2D eigenvalue weighted by molar-refractivity contribution is 5.99. The molecule has 0 spiro atoms. The molecule has 1 unspecified atom stereocenters. The van der Waals surface area contributed by atoms with Gasteiger partial charge in [0.25, 0.3) is 5.91 Å². The Kier molecular flexibility index (Phi) is 9.06. The van der Waals surface area contributed by atoms with Crippen LogP contribution in [-0.2, 0) is 9.59 Å². The SMILES string of the molecule is CCCCCN1CCCC(NC(=O)[C@H](CC(C)C)NC(=O)c2cc3ccccc3o2)C(=O)C1. The fourth-order valence-corrected chi connectivity index (χ4v) is 4.32. The average Bonchev–Trinajstić information content (AvgIpc) is 3.14. The molecule has 7 nitrogen and oxygen atoms in total. The minimum absolute atomic E-state index is 0.0456. The third-order valence-electron chi connectivity index (χ3n) is 6.11. The Morgan fingerprint density at radius 1 is 1.21 bits per heavy atom. The Labute approximate surface area is 196 Å². The van der Waals surface area contributed by atoms with Crippen molar-refractivity contribution in [2.24, 2.45) is 5.92 Å². The topological polar surface area (TPSA) is 91.7 Å². The number of hydrogen-bond acceptors (Lipinski definition) is 5. The van der Waals surface area contributed by atoms with Gasteiger partial charge >= 0.3 is 0 Å². The molecule has 1 saturated heterocycles. The van der Waals surface area contributed by atoms with Gasteiger partial charge in [-0.15, -0.1) is 0 Å². The van der Waals surface area contributed by atoms with Crippen molar-refractivity contribution < 1.29 is 18.8 Å². The van der Waals surface area contributed by atoms with E-state index in [1.54, 1.807) is 12.1 Å². The summed E-state index contributed by atoms with van der Waals surface area (Å²) in [4.78, 5) is 41.0. The molecule has 7 heteroatoms. The summed E-state index contributed by atoms with van der Waals surface area (Å²) in [5.41, 5.74) is 0.625. The number of carbonyl (C=O) groups is 3. The molecule has 2 atom stereocenters. The van der Waals surface area contributed by atoms with E-state index in [0.29, 0.717) is 25.0 Å². The van der Waals surface area contributed by atoms with Crippen LogP contribution in [0.3, 0.4) is 0 Å². The zero-order chi connectivity index (χ0) is 23.8. The first-order valence-electron chi connectivity index (χ1n) is 12.2. The summed E-state index contributed by atoms with van der Waals surface area (Å²) in [5.74, 6) is -0.335. The van der Waals surface area contributed by atoms with Crippen molar-refractivity contribution in [2.45, 2.75) is 71.4 Å². The molecule has 0 radical (unpaired) electrons. The highest BCUT2D eigenvalue weighted by atomic mass is 16.3. The molecule has 33 heavy (non-hydrogen) atoms. The van der Waals surface area contributed by atoms with Crippen LogP contribution in [0.1, 0.15) is 69.9 Å². The lowest BCUT2D eigenvalue weighted by molar-refractivity contribution is -0.129. The molecule has 1 aromatic carbocycles. The number of nitrogens with zero attached hydrogens (tertiary/aromatic N) is 1. The van der Waals surface area contributed by atoms with Crippen LogP contribution >= 0.6 is 0 Å². The summed E-state index contributed by atoms with van der Waals surface area (Å²) in [5, 5.41) is 6.58. The van der Waals surface area contributed by atoms with Crippen molar-refractivity contribution in [3.8, 4) is 0 Å². The molecule has 1 aliphatic rings. The molecule has 1 aromatic heterocycles. The number of para-hydroxylation sites is 1. The molecule has 0 saturated carbocycles. The van der Waals surface area contributed by atoms with Crippen molar-refractivity contribution in [3.63, 3.8) is 0 Å². The third-order valence-corrected chi connectivity index (χ3v) is 6.11. The first-order valence-corrected chi connectivity index (χ1v) is 12.2. The number of carbonyl (C=O) groups excluding carboxylic acids is 3. The van der Waals surface area contributed by atoms with Crippen LogP contribution in [0.15, 0.2) is 34.7 Å². The molecule has 2 aromatic rings. The van der Waals surface area contributed by atoms with Gasteiger partial charge in [-0.1, -0.05) is 51.8 Å². The average molecular weight is 456 g/mol. The van der Waals surface area contributed by atoms with Crippen LogP contribution in [-0.4, -0.2) is 54.2 Å². The predicted molar refractivity (Wildman–Crippen MR) is 129 cm³/mol. The molecule has 3 rings (SSSR count). The Balaban J connectivity index is 1.62. The van der Waals surface area contributed by atoms with Gasteiger partial charge in [0, 0.05) is 5.39 Å². The summed E-state index contributed by atoms with van der Waals surface area (Å²) in [6, 6.07) is 7.83. The second kappa shape index (κ2) is 12.0. The molecule has 0 aliphatic carbocycles. The van der Waals surface area contributed by atoms with Crippen molar-refractivity contribution >= 4 is 28.6 Å². The van der Waals surface area contributed by atoms with E-state index < -0.39 is 18.0 Å².